The molecule has 0 unspecified atom stereocenters. The minimum atomic E-state index is -0.499. The first-order valence-electron chi connectivity index (χ1n) is 6.16. The monoisotopic (exact) mass is 228 g/mol. The molecular weight excluding hydrogens is 204 g/mol. The Balaban J connectivity index is 2.55. The second kappa shape index (κ2) is 5.64. The van der Waals surface area contributed by atoms with Crippen molar-refractivity contribution in [3.8, 4) is 0 Å². The molecule has 4 N–H and O–H groups in total. The molecule has 1 saturated carbocycles. The van der Waals surface area contributed by atoms with Crippen LogP contribution >= 0.6 is 0 Å². The van der Waals surface area contributed by atoms with Crippen LogP contribution in [0.15, 0.2) is 0 Å². The second-order valence-electron chi connectivity index (χ2n) is 5.23. The first-order valence-corrected chi connectivity index (χ1v) is 6.16. The molecule has 1 aliphatic carbocycles. The van der Waals surface area contributed by atoms with Gasteiger partial charge in [-0.2, -0.15) is 0 Å². The summed E-state index contributed by atoms with van der Waals surface area (Å²) < 4.78 is 0. The molecule has 1 atom stereocenters. The van der Waals surface area contributed by atoms with Gasteiger partial charge < -0.3 is 16.2 Å². The molecule has 0 heterocycles. The van der Waals surface area contributed by atoms with Crippen molar-refractivity contribution in [3.05, 3.63) is 0 Å². The van der Waals surface area contributed by atoms with Crippen LogP contribution < -0.4 is 11.1 Å². The van der Waals surface area contributed by atoms with E-state index < -0.39 is 6.10 Å². The lowest BCUT2D eigenvalue weighted by Gasteiger charge is -2.37. The predicted octanol–water partition coefficient (Wildman–Crippen LogP) is 0.639. The van der Waals surface area contributed by atoms with Gasteiger partial charge in [-0.25, -0.2) is 0 Å². The number of aliphatic hydroxyl groups excluding tert-OH is 1. The smallest absolute Gasteiger partial charge is 0.227 e. The summed E-state index contributed by atoms with van der Waals surface area (Å²) in [7, 11) is 0. The summed E-state index contributed by atoms with van der Waals surface area (Å²) in [4.78, 5) is 12.1. The number of aliphatic hydroxyl groups is 1. The average Bonchev–Trinajstić information content (AvgIpc) is 2.27. The van der Waals surface area contributed by atoms with E-state index in [4.69, 9.17) is 10.8 Å². The lowest BCUT2D eigenvalue weighted by molar-refractivity contribution is -0.133. The van der Waals surface area contributed by atoms with Crippen molar-refractivity contribution < 1.29 is 9.90 Å². The molecule has 0 aromatic carbocycles. The SMILES string of the molecule is CC1CCC(CN)(C(=O)NC[C@H](C)O)CC1. The van der Waals surface area contributed by atoms with Crippen molar-refractivity contribution in [1.82, 2.24) is 5.32 Å². The Morgan fingerprint density at radius 3 is 2.56 bits per heavy atom. The maximum Gasteiger partial charge on any atom is 0.227 e. The van der Waals surface area contributed by atoms with E-state index in [1.165, 1.54) is 0 Å². The Bertz CT molecular complexity index is 233. The zero-order chi connectivity index (χ0) is 12.2. The molecule has 0 aromatic rings. The molecule has 4 heteroatoms. The third-order valence-electron chi connectivity index (χ3n) is 3.66. The molecule has 1 amide bonds. The van der Waals surface area contributed by atoms with Crippen molar-refractivity contribution in [2.75, 3.05) is 13.1 Å². The van der Waals surface area contributed by atoms with Crippen LogP contribution in [0, 0.1) is 11.3 Å². The van der Waals surface area contributed by atoms with Gasteiger partial charge in [0.1, 0.15) is 0 Å². The van der Waals surface area contributed by atoms with Gasteiger partial charge in [0.2, 0.25) is 5.91 Å². The standard InChI is InChI=1S/C12H24N2O2/c1-9-3-5-12(8-13,6-4-9)11(16)14-7-10(2)15/h9-10,15H,3-8,13H2,1-2H3,(H,14,16)/t9?,10-,12?/m0/s1. The molecule has 0 spiro atoms. The van der Waals surface area contributed by atoms with Gasteiger partial charge in [0.15, 0.2) is 0 Å². The highest BCUT2D eigenvalue weighted by Crippen LogP contribution is 2.38. The molecule has 0 saturated heterocycles. The summed E-state index contributed by atoms with van der Waals surface area (Å²) in [6.45, 7) is 4.61. The van der Waals surface area contributed by atoms with Gasteiger partial charge in [-0.3, -0.25) is 4.79 Å². The summed E-state index contributed by atoms with van der Waals surface area (Å²) in [6, 6.07) is 0. The largest absolute Gasteiger partial charge is 0.392 e. The number of rotatable bonds is 4. The van der Waals surface area contributed by atoms with E-state index in [1.807, 2.05) is 0 Å². The molecule has 0 bridgehead atoms. The molecule has 94 valence electrons. The fourth-order valence-corrected chi connectivity index (χ4v) is 2.27. The second-order valence-corrected chi connectivity index (χ2v) is 5.23. The van der Waals surface area contributed by atoms with Crippen LogP contribution in [-0.2, 0) is 4.79 Å². The fraction of sp³-hybridized carbons (Fsp3) is 0.917. The van der Waals surface area contributed by atoms with Crippen molar-refractivity contribution in [2.45, 2.75) is 45.6 Å². The Kier molecular flexibility index (Phi) is 4.74. The molecule has 1 fully saturated rings. The van der Waals surface area contributed by atoms with Crippen LogP contribution in [0.25, 0.3) is 0 Å². The summed E-state index contributed by atoms with van der Waals surface area (Å²) in [5.41, 5.74) is 5.38. The Hall–Kier alpha value is -0.610. The summed E-state index contributed by atoms with van der Waals surface area (Å²) in [5, 5.41) is 11.9. The third kappa shape index (κ3) is 3.19. The number of hydrogen-bond donors (Lipinski definition) is 3. The fourth-order valence-electron chi connectivity index (χ4n) is 2.27. The summed E-state index contributed by atoms with van der Waals surface area (Å²) >= 11 is 0. The van der Waals surface area contributed by atoms with Gasteiger partial charge in [0.05, 0.1) is 11.5 Å². The minimum absolute atomic E-state index is 0.0165. The Morgan fingerprint density at radius 2 is 2.12 bits per heavy atom. The van der Waals surface area contributed by atoms with E-state index >= 15 is 0 Å². The third-order valence-corrected chi connectivity index (χ3v) is 3.66. The van der Waals surface area contributed by atoms with Gasteiger partial charge in [0.25, 0.3) is 0 Å². The number of carbonyl (C=O) groups excluding carboxylic acids is 1. The van der Waals surface area contributed by atoms with Crippen LogP contribution in [0.2, 0.25) is 0 Å². The van der Waals surface area contributed by atoms with Crippen LogP contribution in [0.3, 0.4) is 0 Å². The van der Waals surface area contributed by atoms with Gasteiger partial charge in [-0.15, -0.1) is 0 Å². The van der Waals surface area contributed by atoms with Crippen LogP contribution in [-0.4, -0.2) is 30.2 Å². The number of nitrogens with one attached hydrogen (secondary N) is 1. The lowest BCUT2D eigenvalue weighted by Crippen LogP contribution is -2.49. The predicted molar refractivity (Wildman–Crippen MR) is 63.8 cm³/mol. The topological polar surface area (TPSA) is 75.4 Å². The number of amides is 1. The van der Waals surface area contributed by atoms with E-state index in [0.717, 1.165) is 25.7 Å². The van der Waals surface area contributed by atoms with E-state index in [-0.39, 0.29) is 11.3 Å². The number of hydrogen-bond acceptors (Lipinski definition) is 3. The minimum Gasteiger partial charge on any atom is -0.392 e. The van der Waals surface area contributed by atoms with Gasteiger partial charge >= 0.3 is 0 Å². The van der Waals surface area contributed by atoms with Crippen LogP contribution in [0.5, 0.6) is 0 Å². The molecule has 0 aliphatic heterocycles. The van der Waals surface area contributed by atoms with Gasteiger partial charge in [-0.05, 0) is 38.5 Å². The van der Waals surface area contributed by atoms with Gasteiger partial charge in [0, 0.05) is 13.1 Å². The maximum absolute atomic E-state index is 12.1. The van der Waals surface area contributed by atoms with Crippen molar-refractivity contribution in [3.63, 3.8) is 0 Å². The number of carbonyl (C=O) groups is 1. The molecule has 0 aromatic heterocycles. The first-order chi connectivity index (χ1) is 7.50. The summed E-state index contributed by atoms with van der Waals surface area (Å²) in [5.74, 6) is 0.715. The highest BCUT2D eigenvalue weighted by molar-refractivity contribution is 5.83. The van der Waals surface area contributed by atoms with Crippen molar-refractivity contribution >= 4 is 5.91 Å². The maximum atomic E-state index is 12.1. The van der Waals surface area contributed by atoms with E-state index in [2.05, 4.69) is 12.2 Å². The van der Waals surface area contributed by atoms with Crippen LogP contribution in [0.4, 0.5) is 0 Å². The number of nitrogens with two attached hydrogens (primary N) is 1. The van der Waals surface area contributed by atoms with E-state index in [0.29, 0.717) is 19.0 Å². The lowest BCUT2D eigenvalue weighted by atomic mass is 9.70. The molecule has 1 rings (SSSR count). The highest BCUT2D eigenvalue weighted by atomic mass is 16.3. The zero-order valence-electron chi connectivity index (χ0n) is 10.3. The molecule has 0 radical (unpaired) electrons. The van der Waals surface area contributed by atoms with Crippen LogP contribution in [0.1, 0.15) is 39.5 Å². The molecule has 16 heavy (non-hydrogen) atoms. The normalized spacial score (nSPS) is 32.1. The zero-order valence-corrected chi connectivity index (χ0v) is 10.3. The molecular formula is C12H24N2O2. The first kappa shape index (κ1) is 13.5. The quantitative estimate of drug-likeness (QED) is 0.661. The summed E-state index contributed by atoms with van der Waals surface area (Å²) in [6.07, 6.45) is 3.38. The highest BCUT2D eigenvalue weighted by Gasteiger charge is 2.39. The van der Waals surface area contributed by atoms with Crippen molar-refractivity contribution in [1.29, 1.82) is 0 Å². The van der Waals surface area contributed by atoms with Crippen molar-refractivity contribution in [2.24, 2.45) is 17.1 Å². The molecule has 1 aliphatic rings. The van der Waals surface area contributed by atoms with Gasteiger partial charge in [-0.1, -0.05) is 6.92 Å². The molecule has 4 nitrogen and oxygen atoms in total. The Labute approximate surface area is 97.6 Å². The Morgan fingerprint density at radius 1 is 1.56 bits per heavy atom. The van der Waals surface area contributed by atoms with E-state index in [1.54, 1.807) is 6.92 Å². The average molecular weight is 228 g/mol. The van der Waals surface area contributed by atoms with E-state index in [9.17, 15) is 4.79 Å².